The summed E-state index contributed by atoms with van der Waals surface area (Å²) in [5.41, 5.74) is 1.58. The zero-order valence-corrected chi connectivity index (χ0v) is 12.1. The molecule has 0 bridgehead atoms. The van der Waals surface area contributed by atoms with Crippen LogP contribution in [0.2, 0.25) is 0 Å². The molecule has 2 heterocycles. The molecule has 2 aromatic rings. The van der Waals surface area contributed by atoms with Crippen LogP contribution in [0.25, 0.3) is 10.9 Å². The molecular weight excluding hydrogens is 274 g/mol. The van der Waals surface area contributed by atoms with E-state index < -0.39 is 11.6 Å². The molecule has 0 amide bonds. The fourth-order valence-corrected chi connectivity index (χ4v) is 2.95. The van der Waals surface area contributed by atoms with Crippen LogP contribution in [-0.4, -0.2) is 29.3 Å². The summed E-state index contributed by atoms with van der Waals surface area (Å²) in [7, 11) is 0. The minimum absolute atomic E-state index is 0.0729. The van der Waals surface area contributed by atoms with Gasteiger partial charge < -0.3 is 10.0 Å². The molecule has 1 aromatic heterocycles. The number of aliphatic hydroxyl groups is 1. The van der Waals surface area contributed by atoms with Crippen molar-refractivity contribution in [3.8, 4) is 0 Å². The summed E-state index contributed by atoms with van der Waals surface area (Å²) in [6, 6.07) is 4.61. The van der Waals surface area contributed by atoms with E-state index in [1.165, 1.54) is 0 Å². The minimum atomic E-state index is -0.900. The van der Waals surface area contributed by atoms with Crippen LogP contribution >= 0.6 is 0 Å². The Labute approximate surface area is 122 Å². The number of aliphatic hydroxyl groups excluding tert-OH is 1. The normalized spacial score (nSPS) is 22.8. The number of pyridine rings is 1. The molecule has 1 aromatic carbocycles. The minimum Gasteiger partial charge on any atom is -0.393 e. The lowest BCUT2D eigenvalue weighted by Crippen LogP contribution is -2.42. The topological polar surface area (TPSA) is 36.4 Å². The molecule has 1 fully saturated rings. The van der Waals surface area contributed by atoms with Crippen LogP contribution in [0.4, 0.5) is 14.5 Å². The molecule has 3 nitrogen and oxygen atoms in total. The Hall–Kier alpha value is -1.75. The summed E-state index contributed by atoms with van der Waals surface area (Å²) < 4.78 is 27.4. The molecule has 112 valence electrons. The fraction of sp³-hybridized carbons (Fsp3) is 0.438. The second-order valence-corrected chi connectivity index (χ2v) is 5.82. The largest absolute Gasteiger partial charge is 0.393 e. The summed E-state index contributed by atoms with van der Waals surface area (Å²) in [6.45, 7) is 5.16. The van der Waals surface area contributed by atoms with E-state index in [-0.39, 0.29) is 17.5 Å². The molecule has 1 aliphatic heterocycles. The van der Waals surface area contributed by atoms with Crippen LogP contribution in [0.15, 0.2) is 18.2 Å². The van der Waals surface area contributed by atoms with Crippen molar-refractivity contribution in [3.63, 3.8) is 0 Å². The molecule has 1 aliphatic rings. The SMILES string of the molecule is Cc1cc(N2CCC(O)C(C)C2)c2ccc(F)c(F)c2n1. The maximum atomic E-state index is 14.0. The van der Waals surface area contributed by atoms with E-state index in [2.05, 4.69) is 9.88 Å². The van der Waals surface area contributed by atoms with Gasteiger partial charge in [0.25, 0.3) is 0 Å². The van der Waals surface area contributed by atoms with Gasteiger partial charge in [-0.25, -0.2) is 13.8 Å². The number of fused-ring (bicyclic) bond motifs is 1. The second-order valence-electron chi connectivity index (χ2n) is 5.82. The molecule has 0 aliphatic carbocycles. The van der Waals surface area contributed by atoms with Crippen LogP contribution in [0.3, 0.4) is 0 Å². The molecule has 2 atom stereocenters. The molecule has 3 rings (SSSR count). The molecular formula is C16H18F2N2O. The Kier molecular flexibility index (Phi) is 3.53. The lowest BCUT2D eigenvalue weighted by atomic mass is 9.95. The predicted molar refractivity (Wildman–Crippen MR) is 78.4 cm³/mol. The van der Waals surface area contributed by atoms with Crippen molar-refractivity contribution in [2.75, 3.05) is 18.0 Å². The Morgan fingerprint density at radius 1 is 1.33 bits per heavy atom. The number of rotatable bonds is 1. The average Bonchev–Trinajstić information content (AvgIpc) is 2.45. The fourth-order valence-electron chi connectivity index (χ4n) is 2.95. The number of aromatic nitrogens is 1. The monoisotopic (exact) mass is 292 g/mol. The molecule has 0 radical (unpaired) electrons. The Bertz CT molecular complexity index is 690. The van der Waals surface area contributed by atoms with E-state index in [4.69, 9.17) is 0 Å². The Balaban J connectivity index is 2.12. The highest BCUT2D eigenvalue weighted by Crippen LogP contribution is 2.32. The van der Waals surface area contributed by atoms with E-state index in [1.807, 2.05) is 13.0 Å². The lowest BCUT2D eigenvalue weighted by Gasteiger charge is -2.36. The zero-order chi connectivity index (χ0) is 15.1. The molecule has 1 N–H and O–H groups in total. The van der Waals surface area contributed by atoms with Crippen LogP contribution in [0.5, 0.6) is 0 Å². The van der Waals surface area contributed by atoms with Crippen molar-refractivity contribution in [2.24, 2.45) is 5.92 Å². The summed E-state index contributed by atoms with van der Waals surface area (Å²) in [4.78, 5) is 6.25. The number of anilines is 1. The Morgan fingerprint density at radius 2 is 2.10 bits per heavy atom. The van der Waals surface area contributed by atoms with Crippen molar-refractivity contribution < 1.29 is 13.9 Å². The van der Waals surface area contributed by atoms with Crippen molar-refractivity contribution in [3.05, 3.63) is 35.5 Å². The van der Waals surface area contributed by atoms with Crippen LogP contribution in [0, 0.1) is 24.5 Å². The van der Waals surface area contributed by atoms with E-state index >= 15 is 0 Å². The number of halogens is 2. The van der Waals surface area contributed by atoms with Crippen molar-refractivity contribution in [1.82, 2.24) is 4.98 Å². The van der Waals surface area contributed by atoms with Gasteiger partial charge in [-0.15, -0.1) is 0 Å². The van der Waals surface area contributed by atoms with Gasteiger partial charge in [0.15, 0.2) is 11.6 Å². The number of hydrogen-bond donors (Lipinski definition) is 1. The zero-order valence-electron chi connectivity index (χ0n) is 12.1. The number of benzene rings is 1. The maximum Gasteiger partial charge on any atom is 0.185 e. The third-order valence-electron chi connectivity index (χ3n) is 4.18. The van der Waals surface area contributed by atoms with Gasteiger partial charge in [-0.05, 0) is 37.5 Å². The number of aryl methyl sites for hydroxylation is 1. The van der Waals surface area contributed by atoms with E-state index in [0.29, 0.717) is 30.6 Å². The average molecular weight is 292 g/mol. The van der Waals surface area contributed by atoms with Crippen LogP contribution in [-0.2, 0) is 0 Å². The standard InChI is InChI=1S/C16H18F2N2O/c1-9-8-20(6-5-14(9)21)13-7-10(2)19-16-11(13)3-4-12(17)15(16)18/h3-4,7,9,14,21H,5-6,8H2,1-2H3. The van der Waals surface area contributed by atoms with Gasteiger partial charge in [0.1, 0.15) is 5.52 Å². The first kappa shape index (κ1) is 14.2. The molecule has 5 heteroatoms. The highest BCUT2D eigenvalue weighted by Gasteiger charge is 2.26. The molecule has 2 unspecified atom stereocenters. The second kappa shape index (κ2) is 5.22. The summed E-state index contributed by atoms with van der Waals surface area (Å²) in [5, 5.41) is 10.5. The highest BCUT2D eigenvalue weighted by atomic mass is 19.2. The number of nitrogens with zero attached hydrogens (tertiary/aromatic N) is 2. The van der Waals surface area contributed by atoms with Crippen LogP contribution < -0.4 is 4.90 Å². The smallest absolute Gasteiger partial charge is 0.185 e. The first-order chi connectivity index (χ1) is 9.97. The van der Waals surface area contributed by atoms with Crippen molar-refractivity contribution >= 4 is 16.6 Å². The summed E-state index contributed by atoms with van der Waals surface area (Å²) in [6.07, 6.45) is 0.373. The maximum absolute atomic E-state index is 14.0. The first-order valence-electron chi connectivity index (χ1n) is 7.15. The van der Waals surface area contributed by atoms with Crippen molar-refractivity contribution in [1.29, 1.82) is 0 Å². The van der Waals surface area contributed by atoms with Gasteiger partial charge in [-0.3, -0.25) is 0 Å². The van der Waals surface area contributed by atoms with Gasteiger partial charge in [-0.2, -0.15) is 0 Å². The van der Waals surface area contributed by atoms with Gasteiger partial charge in [0.05, 0.1) is 6.10 Å². The molecule has 1 saturated heterocycles. The van der Waals surface area contributed by atoms with Crippen molar-refractivity contribution in [2.45, 2.75) is 26.4 Å². The third-order valence-corrected chi connectivity index (χ3v) is 4.18. The number of piperidine rings is 1. The quantitative estimate of drug-likeness (QED) is 0.877. The third kappa shape index (κ3) is 2.46. The summed E-state index contributed by atoms with van der Waals surface area (Å²) >= 11 is 0. The molecule has 0 spiro atoms. The van der Waals surface area contributed by atoms with Gasteiger partial charge in [0.2, 0.25) is 0 Å². The van der Waals surface area contributed by atoms with Gasteiger partial charge in [-0.1, -0.05) is 6.92 Å². The van der Waals surface area contributed by atoms with Gasteiger partial charge in [0, 0.05) is 29.9 Å². The first-order valence-corrected chi connectivity index (χ1v) is 7.15. The van der Waals surface area contributed by atoms with E-state index in [1.54, 1.807) is 13.0 Å². The lowest BCUT2D eigenvalue weighted by molar-refractivity contribution is 0.0971. The van der Waals surface area contributed by atoms with Gasteiger partial charge >= 0.3 is 0 Å². The Morgan fingerprint density at radius 3 is 2.81 bits per heavy atom. The van der Waals surface area contributed by atoms with E-state index in [0.717, 1.165) is 11.8 Å². The predicted octanol–water partition coefficient (Wildman–Crippen LogP) is 3.03. The highest BCUT2D eigenvalue weighted by molar-refractivity contribution is 5.92. The number of hydrogen-bond acceptors (Lipinski definition) is 3. The summed E-state index contributed by atoms with van der Waals surface area (Å²) in [5.74, 6) is -1.64. The van der Waals surface area contributed by atoms with Crippen LogP contribution in [0.1, 0.15) is 19.0 Å². The van der Waals surface area contributed by atoms with E-state index in [9.17, 15) is 13.9 Å². The molecule has 0 saturated carbocycles. The molecule has 21 heavy (non-hydrogen) atoms.